The van der Waals surface area contributed by atoms with Gasteiger partial charge in [-0.25, -0.2) is 4.79 Å². The summed E-state index contributed by atoms with van der Waals surface area (Å²) in [6.45, 7) is 2.28. The minimum atomic E-state index is -0.366. The molecule has 0 aliphatic rings. The van der Waals surface area contributed by atoms with Crippen LogP contribution in [0.2, 0.25) is 5.02 Å². The number of urea groups is 1. The van der Waals surface area contributed by atoms with Crippen LogP contribution < -0.4 is 16.4 Å². The van der Waals surface area contributed by atoms with Gasteiger partial charge in [0.05, 0.1) is 6.04 Å². The molecule has 1 rings (SSSR count). The van der Waals surface area contributed by atoms with Crippen molar-refractivity contribution in [2.45, 2.75) is 25.8 Å². The van der Waals surface area contributed by atoms with Gasteiger partial charge in [-0.1, -0.05) is 23.7 Å². The van der Waals surface area contributed by atoms with Crippen molar-refractivity contribution in [3.63, 3.8) is 0 Å². The van der Waals surface area contributed by atoms with Crippen molar-refractivity contribution in [1.29, 1.82) is 0 Å². The fourth-order valence-corrected chi connectivity index (χ4v) is 1.77. The molecule has 0 fully saturated rings. The zero-order valence-electron chi connectivity index (χ0n) is 10.8. The molecule has 0 spiro atoms. The average molecular weight is 284 g/mol. The van der Waals surface area contributed by atoms with Crippen LogP contribution in [0.4, 0.5) is 4.79 Å². The van der Waals surface area contributed by atoms with E-state index in [9.17, 15) is 9.59 Å². The summed E-state index contributed by atoms with van der Waals surface area (Å²) in [5.41, 5.74) is 5.93. The normalized spacial score (nSPS) is 11.7. The molecule has 3 amide bonds. The average Bonchev–Trinajstić information content (AvgIpc) is 2.34. The number of amides is 3. The van der Waals surface area contributed by atoms with Crippen LogP contribution in [0.25, 0.3) is 0 Å². The highest BCUT2D eigenvalue weighted by molar-refractivity contribution is 6.30. The molecule has 6 heteroatoms. The molecule has 1 aromatic rings. The van der Waals surface area contributed by atoms with E-state index in [2.05, 4.69) is 10.6 Å². The van der Waals surface area contributed by atoms with Gasteiger partial charge in [0.2, 0.25) is 5.91 Å². The molecule has 0 aromatic heterocycles. The van der Waals surface area contributed by atoms with E-state index in [4.69, 9.17) is 17.3 Å². The summed E-state index contributed by atoms with van der Waals surface area (Å²) in [6, 6.07) is 6.89. The van der Waals surface area contributed by atoms with Gasteiger partial charge in [-0.2, -0.15) is 0 Å². The van der Waals surface area contributed by atoms with Crippen LogP contribution in [-0.2, 0) is 4.79 Å². The first kappa shape index (κ1) is 15.3. The number of hydrogen-bond acceptors (Lipinski definition) is 2. The number of carbonyl (C=O) groups is 2. The third-order valence-corrected chi connectivity index (χ3v) is 2.82. The van der Waals surface area contributed by atoms with Gasteiger partial charge in [0, 0.05) is 18.0 Å². The van der Waals surface area contributed by atoms with Gasteiger partial charge in [-0.15, -0.1) is 0 Å². The maximum Gasteiger partial charge on any atom is 0.315 e. The Morgan fingerprint density at radius 3 is 2.79 bits per heavy atom. The van der Waals surface area contributed by atoms with E-state index >= 15 is 0 Å². The SMILES string of the molecule is C[C@H](NC(=O)NCCCC(N)=O)c1cccc(Cl)c1. The van der Waals surface area contributed by atoms with Crippen molar-refractivity contribution in [2.24, 2.45) is 5.73 Å². The Bertz CT molecular complexity index is 451. The molecule has 1 atom stereocenters. The highest BCUT2D eigenvalue weighted by atomic mass is 35.5. The van der Waals surface area contributed by atoms with Gasteiger partial charge in [0.25, 0.3) is 0 Å². The quantitative estimate of drug-likeness (QED) is 0.697. The lowest BCUT2D eigenvalue weighted by Crippen LogP contribution is -2.37. The summed E-state index contributed by atoms with van der Waals surface area (Å²) >= 11 is 5.89. The molecule has 0 radical (unpaired) electrons. The number of benzene rings is 1. The number of nitrogens with one attached hydrogen (secondary N) is 2. The lowest BCUT2D eigenvalue weighted by Gasteiger charge is -2.15. The summed E-state index contributed by atoms with van der Waals surface area (Å²) in [7, 11) is 0. The standard InChI is InChI=1S/C13H18ClN3O2/c1-9(10-4-2-5-11(14)8-10)17-13(19)16-7-3-6-12(15)18/h2,4-5,8-9H,3,6-7H2,1H3,(H2,15,18)(H2,16,17,19)/t9-/m0/s1. The van der Waals surface area contributed by atoms with Crippen LogP contribution >= 0.6 is 11.6 Å². The largest absolute Gasteiger partial charge is 0.370 e. The van der Waals surface area contributed by atoms with Gasteiger partial charge in [-0.3, -0.25) is 4.79 Å². The van der Waals surface area contributed by atoms with Crippen molar-refractivity contribution in [2.75, 3.05) is 6.54 Å². The number of nitrogens with two attached hydrogens (primary N) is 1. The second-order valence-corrected chi connectivity index (χ2v) is 4.68. The number of rotatable bonds is 6. The number of primary amides is 1. The van der Waals surface area contributed by atoms with Crippen molar-refractivity contribution < 1.29 is 9.59 Å². The van der Waals surface area contributed by atoms with Crippen LogP contribution in [0.1, 0.15) is 31.4 Å². The summed E-state index contributed by atoms with van der Waals surface area (Å²) in [6.07, 6.45) is 0.804. The summed E-state index contributed by atoms with van der Waals surface area (Å²) < 4.78 is 0. The summed E-state index contributed by atoms with van der Waals surface area (Å²) in [5, 5.41) is 6.08. The highest BCUT2D eigenvalue weighted by Crippen LogP contribution is 2.16. The van der Waals surface area contributed by atoms with E-state index in [1.807, 2.05) is 19.1 Å². The minimum Gasteiger partial charge on any atom is -0.370 e. The molecular formula is C13H18ClN3O2. The fraction of sp³-hybridized carbons (Fsp3) is 0.385. The molecular weight excluding hydrogens is 266 g/mol. The predicted molar refractivity (Wildman–Crippen MR) is 74.8 cm³/mol. The smallest absolute Gasteiger partial charge is 0.315 e. The Balaban J connectivity index is 2.34. The Hall–Kier alpha value is -1.75. The minimum absolute atomic E-state index is 0.144. The Labute approximate surface area is 117 Å². The van der Waals surface area contributed by atoms with E-state index in [1.165, 1.54) is 0 Å². The Kier molecular flexibility index (Phi) is 6.15. The molecule has 0 bridgehead atoms. The summed E-state index contributed by atoms with van der Waals surface area (Å²) in [4.78, 5) is 22.1. The summed E-state index contributed by atoms with van der Waals surface area (Å²) in [5.74, 6) is -0.366. The second kappa shape index (κ2) is 7.63. The molecule has 1 aromatic carbocycles. The van der Waals surface area contributed by atoms with E-state index in [0.717, 1.165) is 5.56 Å². The first-order valence-corrected chi connectivity index (χ1v) is 6.45. The van der Waals surface area contributed by atoms with Crippen LogP contribution in [0.3, 0.4) is 0 Å². The molecule has 0 saturated carbocycles. The lowest BCUT2D eigenvalue weighted by atomic mass is 10.1. The number of halogens is 1. The van der Waals surface area contributed by atoms with E-state index < -0.39 is 0 Å². The van der Waals surface area contributed by atoms with Gasteiger partial charge in [0.1, 0.15) is 0 Å². The lowest BCUT2D eigenvalue weighted by molar-refractivity contribution is -0.118. The first-order valence-electron chi connectivity index (χ1n) is 6.07. The monoisotopic (exact) mass is 283 g/mol. The van der Waals surface area contributed by atoms with Gasteiger partial charge >= 0.3 is 6.03 Å². The molecule has 5 nitrogen and oxygen atoms in total. The maximum absolute atomic E-state index is 11.6. The van der Waals surface area contributed by atoms with Crippen LogP contribution in [-0.4, -0.2) is 18.5 Å². The topological polar surface area (TPSA) is 84.2 Å². The molecule has 0 unspecified atom stereocenters. The molecule has 0 aliphatic carbocycles. The van der Waals surface area contributed by atoms with E-state index in [0.29, 0.717) is 18.0 Å². The van der Waals surface area contributed by atoms with Gasteiger partial charge in [-0.05, 0) is 31.0 Å². The molecule has 0 saturated heterocycles. The van der Waals surface area contributed by atoms with Crippen molar-refractivity contribution in [3.05, 3.63) is 34.9 Å². The highest BCUT2D eigenvalue weighted by Gasteiger charge is 2.09. The van der Waals surface area contributed by atoms with Crippen LogP contribution in [0, 0.1) is 0 Å². The molecule has 104 valence electrons. The Morgan fingerprint density at radius 2 is 2.16 bits per heavy atom. The fourth-order valence-electron chi connectivity index (χ4n) is 1.57. The molecule has 0 heterocycles. The van der Waals surface area contributed by atoms with E-state index in [-0.39, 0.29) is 24.4 Å². The van der Waals surface area contributed by atoms with Crippen LogP contribution in [0.5, 0.6) is 0 Å². The zero-order valence-corrected chi connectivity index (χ0v) is 11.5. The third-order valence-electron chi connectivity index (χ3n) is 2.58. The Morgan fingerprint density at radius 1 is 1.42 bits per heavy atom. The molecule has 19 heavy (non-hydrogen) atoms. The first-order chi connectivity index (χ1) is 8.99. The second-order valence-electron chi connectivity index (χ2n) is 4.25. The van der Waals surface area contributed by atoms with Gasteiger partial charge in [0.15, 0.2) is 0 Å². The molecule has 4 N–H and O–H groups in total. The zero-order chi connectivity index (χ0) is 14.3. The third kappa shape index (κ3) is 6.10. The predicted octanol–water partition coefficient (Wildman–Crippen LogP) is 1.97. The van der Waals surface area contributed by atoms with E-state index in [1.54, 1.807) is 12.1 Å². The maximum atomic E-state index is 11.6. The number of hydrogen-bond donors (Lipinski definition) is 3. The number of carbonyl (C=O) groups excluding carboxylic acids is 2. The molecule has 0 aliphatic heterocycles. The van der Waals surface area contributed by atoms with Crippen molar-refractivity contribution in [3.8, 4) is 0 Å². The van der Waals surface area contributed by atoms with Crippen molar-refractivity contribution in [1.82, 2.24) is 10.6 Å². The van der Waals surface area contributed by atoms with Crippen LogP contribution in [0.15, 0.2) is 24.3 Å². The van der Waals surface area contributed by atoms with Gasteiger partial charge < -0.3 is 16.4 Å². The van der Waals surface area contributed by atoms with Crippen molar-refractivity contribution >= 4 is 23.5 Å².